The molecule has 0 N–H and O–H groups in total. The molecular formula is C23H26O. The highest BCUT2D eigenvalue weighted by atomic mass is 16.5. The number of allylic oxidation sites excluding steroid dienone is 3. The van der Waals surface area contributed by atoms with Gasteiger partial charge in [-0.25, -0.2) is 0 Å². The lowest BCUT2D eigenvalue weighted by molar-refractivity contribution is 0.414. The molecule has 2 aromatic rings. The summed E-state index contributed by atoms with van der Waals surface area (Å²) in [5.74, 6) is 1.50. The molecule has 24 heavy (non-hydrogen) atoms. The van der Waals surface area contributed by atoms with Gasteiger partial charge in [-0.15, -0.1) is 0 Å². The molecule has 3 rings (SSSR count). The van der Waals surface area contributed by atoms with Gasteiger partial charge in [0.2, 0.25) is 0 Å². The Bertz CT molecular complexity index is 804. The van der Waals surface area contributed by atoms with Crippen molar-refractivity contribution >= 4 is 17.2 Å². The fraction of sp³-hybridized carbons (Fsp3) is 0.304. The van der Waals surface area contributed by atoms with E-state index >= 15 is 0 Å². The van der Waals surface area contributed by atoms with E-state index in [-0.39, 0.29) is 0 Å². The zero-order chi connectivity index (χ0) is 17.3. The van der Waals surface area contributed by atoms with Crippen molar-refractivity contribution in [1.82, 2.24) is 0 Å². The maximum Gasteiger partial charge on any atom is 0.119 e. The number of rotatable bonds is 4. The van der Waals surface area contributed by atoms with E-state index in [2.05, 4.69) is 76.2 Å². The Balaban J connectivity index is 2.07. The Kier molecular flexibility index (Phi) is 4.62. The summed E-state index contributed by atoms with van der Waals surface area (Å²) in [5, 5.41) is 0. The maximum atomic E-state index is 5.41. The van der Waals surface area contributed by atoms with Crippen LogP contribution < -0.4 is 4.74 Å². The van der Waals surface area contributed by atoms with Gasteiger partial charge < -0.3 is 4.74 Å². The first kappa shape index (κ1) is 16.6. The third-order valence-electron chi connectivity index (χ3n) is 4.97. The van der Waals surface area contributed by atoms with E-state index in [4.69, 9.17) is 4.74 Å². The number of hydrogen-bond acceptors (Lipinski definition) is 1. The van der Waals surface area contributed by atoms with Crippen molar-refractivity contribution in [2.75, 3.05) is 7.11 Å². The lowest BCUT2D eigenvalue weighted by atomic mass is 9.98. The molecule has 0 unspecified atom stereocenters. The van der Waals surface area contributed by atoms with Crippen molar-refractivity contribution in [3.05, 3.63) is 70.3 Å². The molecule has 1 heteroatoms. The first-order valence-corrected chi connectivity index (χ1v) is 8.75. The summed E-state index contributed by atoms with van der Waals surface area (Å²) in [6.07, 6.45) is 3.35. The Labute approximate surface area is 145 Å². The van der Waals surface area contributed by atoms with E-state index in [9.17, 15) is 0 Å². The summed E-state index contributed by atoms with van der Waals surface area (Å²) in [6.45, 7) is 8.92. The minimum absolute atomic E-state index is 0.569. The molecule has 1 aliphatic rings. The van der Waals surface area contributed by atoms with Crippen LogP contribution in [0.5, 0.6) is 5.75 Å². The minimum Gasteiger partial charge on any atom is -0.497 e. The lowest BCUT2D eigenvalue weighted by Crippen LogP contribution is -1.89. The van der Waals surface area contributed by atoms with Gasteiger partial charge in [0.15, 0.2) is 0 Å². The summed E-state index contributed by atoms with van der Waals surface area (Å²) < 4.78 is 5.41. The van der Waals surface area contributed by atoms with Crippen molar-refractivity contribution in [2.24, 2.45) is 0 Å². The van der Waals surface area contributed by atoms with Gasteiger partial charge in [-0.1, -0.05) is 51.1 Å². The smallest absolute Gasteiger partial charge is 0.119 e. The lowest BCUT2D eigenvalue weighted by Gasteiger charge is -2.08. The van der Waals surface area contributed by atoms with Gasteiger partial charge in [0, 0.05) is 0 Å². The van der Waals surface area contributed by atoms with Gasteiger partial charge in [0.1, 0.15) is 5.75 Å². The second-order valence-electron chi connectivity index (χ2n) is 6.75. The largest absolute Gasteiger partial charge is 0.497 e. The van der Waals surface area contributed by atoms with E-state index in [1.807, 2.05) is 0 Å². The number of fused-ring (bicyclic) bond motifs is 1. The molecule has 0 atom stereocenters. The standard InChI is InChI=1S/C23H26O/c1-6-20-16(4)22(21-12-11-19(24-5)14-23(20)21)13-17-7-9-18(10-8-17)15(2)3/h7-15H,6H2,1-5H3/b22-13-. The van der Waals surface area contributed by atoms with Gasteiger partial charge in [-0.05, 0) is 76.4 Å². The molecule has 0 aromatic heterocycles. The van der Waals surface area contributed by atoms with Crippen LogP contribution in [0.25, 0.3) is 17.2 Å². The molecule has 0 fully saturated rings. The van der Waals surface area contributed by atoms with E-state index in [1.165, 1.54) is 39.0 Å². The summed E-state index contributed by atoms with van der Waals surface area (Å²) in [6, 6.07) is 15.3. The Morgan fingerprint density at radius 1 is 1.00 bits per heavy atom. The quantitative estimate of drug-likeness (QED) is 0.620. The fourth-order valence-electron chi connectivity index (χ4n) is 3.49. The van der Waals surface area contributed by atoms with E-state index in [0.29, 0.717) is 5.92 Å². The highest BCUT2D eigenvalue weighted by Gasteiger charge is 2.23. The summed E-state index contributed by atoms with van der Waals surface area (Å²) in [7, 11) is 1.73. The van der Waals surface area contributed by atoms with Crippen LogP contribution in [0.1, 0.15) is 62.3 Å². The Hall–Kier alpha value is -2.28. The van der Waals surface area contributed by atoms with Crippen LogP contribution in [0, 0.1) is 0 Å². The molecule has 1 nitrogen and oxygen atoms in total. The molecule has 0 heterocycles. The van der Waals surface area contributed by atoms with Crippen molar-refractivity contribution in [2.45, 2.75) is 40.0 Å². The molecule has 0 spiro atoms. The number of hydrogen-bond donors (Lipinski definition) is 0. The average molecular weight is 318 g/mol. The van der Waals surface area contributed by atoms with E-state index in [0.717, 1.165) is 12.2 Å². The van der Waals surface area contributed by atoms with Crippen LogP contribution in [0.3, 0.4) is 0 Å². The topological polar surface area (TPSA) is 9.23 Å². The highest BCUT2D eigenvalue weighted by Crippen LogP contribution is 2.44. The van der Waals surface area contributed by atoms with Gasteiger partial charge in [-0.2, -0.15) is 0 Å². The molecule has 0 amide bonds. The molecule has 0 bridgehead atoms. The average Bonchev–Trinajstić information content (AvgIpc) is 2.86. The van der Waals surface area contributed by atoms with Crippen LogP contribution in [-0.4, -0.2) is 7.11 Å². The predicted octanol–water partition coefficient (Wildman–Crippen LogP) is 6.56. The maximum absolute atomic E-state index is 5.41. The second-order valence-corrected chi connectivity index (χ2v) is 6.75. The number of methoxy groups -OCH3 is 1. The monoisotopic (exact) mass is 318 g/mol. The molecule has 0 aliphatic heterocycles. The zero-order valence-electron chi connectivity index (χ0n) is 15.3. The fourth-order valence-corrected chi connectivity index (χ4v) is 3.49. The highest BCUT2D eigenvalue weighted by molar-refractivity contribution is 6.05. The second kappa shape index (κ2) is 6.68. The van der Waals surface area contributed by atoms with Crippen molar-refractivity contribution < 1.29 is 4.74 Å². The predicted molar refractivity (Wildman–Crippen MR) is 104 cm³/mol. The molecule has 0 saturated heterocycles. The minimum atomic E-state index is 0.569. The van der Waals surface area contributed by atoms with Gasteiger partial charge in [-0.3, -0.25) is 0 Å². The summed E-state index contributed by atoms with van der Waals surface area (Å²) >= 11 is 0. The van der Waals surface area contributed by atoms with Crippen molar-refractivity contribution in [1.29, 1.82) is 0 Å². The zero-order valence-corrected chi connectivity index (χ0v) is 15.3. The van der Waals surface area contributed by atoms with Crippen LogP contribution >= 0.6 is 0 Å². The summed E-state index contributed by atoms with van der Waals surface area (Å²) in [4.78, 5) is 0. The van der Waals surface area contributed by atoms with E-state index < -0.39 is 0 Å². The Morgan fingerprint density at radius 2 is 1.71 bits per heavy atom. The first-order chi connectivity index (χ1) is 11.5. The number of benzene rings is 2. The van der Waals surface area contributed by atoms with E-state index in [1.54, 1.807) is 7.11 Å². The first-order valence-electron chi connectivity index (χ1n) is 8.75. The molecule has 1 aliphatic carbocycles. The van der Waals surface area contributed by atoms with Crippen molar-refractivity contribution in [3.63, 3.8) is 0 Å². The third-order valence-corrected chi connectivity index (χ3v) is 4.97. The van der Waals surface area contributed by atoms with Gasteiger partial charge >= 0.3 is 0 Å². The van der Waals surface area contributed by atoms with Gasteiger partial charge in [0.25, 0.3) is 0 Å². The van der Waals surface area contributed by atoms with Gasteiger partial charge in [0.05, 0.1) is 7.11 Å². The van der Waals surface area contributed by atoms with Crippen molar-refractivity contribution in [3.8, 4) is 5.75 Å². The van der Waals surface area contributed by atoms with Crippen LogP contribution in [0.15, 0.2) is 48.0 Å². The normalized spacial score (nSPS) is 15.3. The molecule has 124 valence electrons. The van der Waals surface area contributed by atoms with Crippen LogP contribution in [-0.2, 0) is 0 Å². The SMILES string of the molecule is CCC1=C(C)/C(=C/c2ccc(C(C)C)cc2)c2ccc(OC)cc21. The Morgan fingerprint density at radius 3 is 2.29 bits per heavy atom. The third kappa shape index (κ3) is 2.91. The summed E-state index contributed by atoms with van der Waals surface area (Å²) in [5.41, 5.74) is 9.42. The molecule has 0 radical (unpaired) electrons. The number of ether oxygens (including phenoxy) is 1. The molecule has 0 saturated carbocycles. The molecule has 2 aromatic carbocycles. The molecular weight excluding hydrogens is 292 g/mol. The van der Waals surface area contributed by atoms with Crippen LogP contribution in [0.2, 0.25) is 0 Å². The van der Waals surface area contributed by atoms with Crippen LogP contribution in [0.4, 0.5) is 0 Å².